The number of aliphatic hydroxyl groups excluding tert-OH is 1. The van der Waals surface area contributed by atoms with Crippen LogP contribution in [-0.4, -0.2) is 52.0 Å². The van der Waals surface area contributed by atoms with E-state index < -0.39 is 5.56 Å². The molecule has 0 aliphatic carbocycles. The molecule has 0 atom stereocenters. The number of rotatable bonds is 11. The first-order chi connectivity index (χ1) is 20.0. The van der Waals surface area contributed by atoms with Gasteiger partial charge in [0.15, 0.2) is 5.65 Å². The number of nitrogens with one attached hydrogen (secondary N) is 1. The van der Waals surface area contributed by atoms with Crippen LogP contribution in [0.4, 0.5) is 0 Å². The summed E-state index contributed by atoms with van der Waals surface area (Å²) in [4.78, 5) is 29.9. The Labute approximate surface area is 244 Å². The molecule has 3 heterocycles. The molecule has 12 heteroatoms. The van der Waals surface area contributed by atoms with Crippen LogP contribution in [0.2, 0.25) is 5.02 Å². The molecule has 3 aromatic heterocycles. The molecular formula is C29H24ClN5O5S. The average Bonchev–Trinajstić information content (AvgIpc) is 3.47. The minimum Gasteiger partial charge on any atom is -0.491 e. The van der Waals surface area contributed by atoms with Gasteiger partial charge in [0.2, 0.25) is 5.89 Å². The summed E-state index contributed by atoms with van der Waals surface area (Å²) in [6.45, 7) is 0.406. The highest BCUT2D eigenvalue weighted by Gasteiger charge is 2.22. The quantitative estimate of drug-likeness (QED) is 0.201. The van der Waals surface area contributed by atoms with Crippen LogP contribution in [0.25, 0.3) is 33.6 Å². The fourth-order valence-electron chi connectivity index (χ4n) is 4.13. The summed E-state index contributed by atoms with van der Waals surface area (Å²) in [6, 6.07) is 16.3. The topological polar surface area (TPSA) is 147 Å². The number of oxazole rings is 1. The molecule has 2 N–H and O–H groups in total. The Kier molecular flexibility index (Phi) is 8.96. The number of H-pyrrole nitrogens is 1. The number of halogens is 1. The van der Waals surface area contributed by atoms with Gasteiger partial charge in [-0.3, -0.25) is 4.79 Å². The lowest BCUT2D eigenvalue weighted by Crippen LogP contribution is -2.16. The molecule has 0 fully saturated rings. The van der Waals surface area contributed by atoms with Crippen molar-refractivity contribution in [3.8, 4) is 34.4 Å². The SMILES string of the molecule is COCCc1nc2nc(SCc3coc(-c4ccc(Cl)cc4)n3)c(C#N)c(-c3ccc(OCCO)cc3)c2c(=O)[nH]1. The van der Waals surface area contributed by atoms with Crippen LogP contribution in [0.5, 0.6) is 5.75 Å². The normalized spacial score (nSPS) is 11.1. The van der Waals surface area contributed by atoms with Gasteiger partial charge in [-0.1, -0.05) is 35.5 Å². The monoisotopic (exact) mass is 589 g/mol. The molecular weight excluding hydrogens is 566 g/mol. The van der Waals surface area contributed by atoms with E-state index in [1.54, 1.807) is 49.8 Å². The van der Waals surface area contributed by atoms with Crippen molar-refractivity contribution in [2.75, 3.05) is 26.9 Å². The number of aliphatic hydroxyl groups is 1. The smallest absolute Gasteiger partial charge is 0.261 e. The van der Waals surface area contributed by atoms with E-state index in [0.29, 0.717) is 63.1 Å². The molecule has 0 saturated carbocycles. The van der Waals surface area contributed by atoms with Crippen LogP contribution in [0.3, 0.4) is 0 Å². The van der Waals surface area contributed by atoms with E-state index in [1.807, 2.05) is 12.1 Å². The molecule has 0 bridgehead atoms. The van der Waals surface area contributed by atoms with Gasteiger partial charge < -0.3 is 24.0 Å². The molecule has 0 saturated heterocycles. The molecule has 0 spiro atoms. The van der Waals surface area contributed by atoms with Gasteiger partial charge in [-0.25, -0.2) is 15.0 Å². The van der Waals surface area contributed by atoms with E-state index in [9.17, 15) is 10.1 Å². The van der Waals surface area contributed by atoms with Crippen molar-refractivity contribution < 1.29 is 19.0 Å². The summed E-state index contributed by atoms with van der Waals surface area (Å²) in [6.07, 6.45) is 1.95. The highest BCUT2D eigenvalue weighted by Crippen LogP contribution is 2.36. The number of nitriles is 1. The van der Waals surface area contributed by atoms with Crippen LogP contribution < -0.4 is 10.3 Å². The van der Waals surface area contributed by atoms with Gasteiger partial charge in [0.1, 0.15) is 35.5 Å². The molecule has 5 rings (SSSR count). The first-order valence-electron chi connectivity index (χ1n) is 12.5. The van der Waals surface area contributed by atoms with Crippen LogP contribution >= 0.6 is 23.4 Å². The maximum Gasteiger partial charge on any atom is 0.261 e. The third-order valence-corrected chi connectivity index (χ3v) is 7.29. The van der Waals surface area contributed by atoms with Crippen LogP contribution in [0.15, 0.2) is 69.0 Å². The van der Waals surface area contributed by atoms with Crippen molar-refractivity contribution in [2.45, 2.75) is 17.2 Å². The number of pyridine rings is 1. The predicted molar refractivity (Wildman–Crippen MR) is 155 cm³/mol. The summed E-state index contributed by atoms with van der Waals surface area (Å²) in [5, 5.41) is 20.6. The lowest BCUT2D eigenvalue weighted by atomic mass is 9.98. The van der Waals surface area contributed by atoms with E-state index >= 15 is 0 Å². The van der Waals surface area contributed by atoms with Crippen molar-refractivity contribution in [2.24, 2.45) is 0 Å². The number of fused-ring (bicyclic) bond motifs is 1. The Bertz CT molecular complexity index is 1760. The number of hydrogen-bond donors (Lipinski definition) is 2. The zero-order chi connectivity index (χ0) is 28.8. The number of thioether (sulfide) groups is 1. The van der Waals surface area contributed by atoms with Gasteiger partial charge in [-0.15, -0.1) is 0 Å². The zero-order valence-electron chi connectivity index (χ0n) is 21.9. The van der Waals surface area contributed by atoms with Gasteiger partial charge in [-0.2, -0.15) is 5.26 Å². The Morgan fingerprint density at radius 3 is 2.54 bits per heavy atom. The van der Waals surface area contributed by atoms with Gasteiger partial charge >= 0.3 is 0 Å². The summed E-state index contributed by atoms with van der Waals surface area (Å²) < 4.78 is 16.3. The van der Waals surface area contributed by atoms with Gasteiger partial charge in [0, 0.05) is 35.4 Å². The lowest BCUT2D eigenvalue weighted by Gasteiger charge is -2.13. The number of aromatic amines is 1. The van der Waals surface area contributed by atoms with E-state index in [4.69, 9.17) is 30.6 Å². The average molecular weight is 590 g/mol. The first kappa shape index (κ1) is 28.3. The second-order valence-electron chi connectivity index (χ2n) is 8.77. The van der Waals surface area contributed by atoms with Crippen molar-refractivity contribution in [3.63, 3.8) is 0 Å². The zero-order valence-corrected chi connectivity index (χ0v) is 23.5. The van der Waals surface area contributed by atoms with Crippen molar-refractivity contribution in [1.82, 2.24) is 19.9 Å². The predicted octanol–water partition coefficient (Wildman–Crippen LogP) is 5.02. The van der Waals surface area contributed by atoms with Crippen LogP contribution in [0, 0.1) is 11.3 Å². The molecule has 41 heavy (non-hydrogen) atoms. The van der Waals surface area contributed by atoms with E-state index in [1.165, 1.54) is 11.8 Å². The van der Waals surface area contributed by atoms with Crippen LogP contribution in [-0.2, 0) is 16.9 Å². The first-order valence-corrected chi connectivity index (χ1v) is 13.9. The maximum absolute atomic E-state index is 13.3. The maximum atomic E-state index is 13.3. The standard InChI is InChI=1S/C29H24ClN5O5S/c1-38-12-10-23-33-26-25(27(37)34-23)24(17-4-8-21(9-5-17)39-13-11-36)22(14-31)29(35-26)41-16-20-15-40-28(32-20)18-2-6-19(30)7-3-18/h2-9,15,36H,10-13,16H2,1H3,(H,33,34,35,37). The highest BCUT2D eigenvalue weighted by atomic mass is 35.5. The molecule has 2 aromatic carbocycles. The molecule has 10 nitrogen and oxygen atoms in total. The molecule has 0 aliphatic rings. The number of methoxy groups -OCH3 is 1. The second kappa shape index (κ2) is 13.0. The Morgan fingerprint density at radius 1 is 1.07 bits per heavy atom. The summed E-state index contributed by atoms with van der Waals surface area (Å²) >= 11 is 7.28. The van der Waals surface area contributed by atoms with Crippen molar-refractivity contribution in [3.05, 3.63) is 87.3 Å². The summed E-state index contributed by atoms with van der Waals surface area (Å²) in [5.41, 5.74) is 2.54. The molecule has 208 valence electrons. The number of hydrogen-bond acceptors (Lipinski definition) is 10. The Morgan fingerprint density at radius 2 is 1.83 bits per heavy atom. The Balaban J connectivity index is 1.55. The third kappa shape index (κ3) is 6.42. The second-order valence-corrected chi connectivity index (χ2v) is 10.2. The molecule has 5 aromatic rings. The largest absolute Gasteiger partial charge is 0.491 e. The molecule has 0 radical (unpaired) electrons. The fraction of sp³-hybridized carbons (Fsp3) is 0.207. The van der Waals surface area contributed by atoms with Gasteiger partial charge in [0.25, 0.3) is 5.56 Å². The van der Waals surface area contributed by atoms with E-state index in [-0.39, 0.29) is 29.8 Å². The number of benzene rings is 2. The molecule has 0 unspecified atom stereocenters. The molecule has 0 aliphatic heterocycles. The lowest BCUT2D eigenvalue weighted by molar-refractivity contribution is 0.200. The number of nitrogens with zero attached hydrogens (tertiary/aromatic N) is 4. The van der Waals surface area contributed by atoms with Crippen LogP contribution in [0.1, 0.15) is 17.1 Å². The fourth-order valence-corrected chi connectivity index (χ4v) is 5.12. The minimum absolute atomic E-state index is 0.116. The van der Waals surface area contributed by atoms with E-state index in [0.717, 1.165) is 5.56 Å². The highest BCUT2D eigenvalue weighted by molar-refractivity contribution is 7.98. The Hall–Kier alpha value is -4.21. The minimum atomic E-state index is -0.402. The number of ether oxygens (including phenoxy) is 2. The summed E-state index contributed by atoms with van der Waals surface area (Å²) in [5.74, 6) is 1.78. The van der Waals surface area contributed by atoms with Crippen molar-refractivity contribution >= 4 is 34.4 Å². The number of aromatic nitrogens is 4. The summed E-state index contributed by atoms with van der Waals surface area (Å²) in [7, 11) is 1.57. The van der Waals surface area contributed by atoms with Gasteiger partial charge in [-0.05, 0) is 42.0 Å². The van der Waals surface area contributed by atoms with E-state index in [2.05, 4.69) is 26.0 Å². The van der Waals surface area contributed by atoms with Crippen molar-refractivity contribution in [1.29, 1.82) is 5.26 Å². The van der Waals surface area contributed by atoms with Gasteiger partial charge in [0.05, 0.1) is 29.9 Å². The third-order valence-electron chi connectivity index (χ3n) is 6.03. The molecule has 0 amide bonds.